The van der Waals surface area contributed by atoms with Gasteiger partial charge in [0.1, 0.15) is 6.29 Å². The number of ether oxygens (including phenoxy) is 1. The molecule has 0 amide bonds. The standard InChI is InChI=1S/C23H42O2S/c1-4-6-14-23(5-2,17-24)18-26-22-16-21(25-3)13-12-20(22)15-19-10-8-7-9-11-19/h17,19-22H,4-16,18H2,1-3H3. The average molecular weight is 383 g/mol. The fourth-order valence-electron chi connectivity index (χ4n) is 5.02. The Kier molecular flexibility index (Phi) is 10.1. The quantitative estimate of drug-likeness (QED) is 0.374. The van der Waals surface area contributed by atoms with Gasteiger partial charge in [0.05, 0.1) is 6.10 Å². The zero-order valence-corrected chi connectivity index (χ0v) is 18.3. The highest BCUT2D eigenvalue weighted by Gasteiger charge is 2.35. The van der Waals surface area contributed by atoms with Crippen LogP contribution in [0.15, 0.2) is 0 Å². The maximum atomic E-state index is 11.9. The van der Waals surface area contributed by atoms with Crippen LogP contribution >= 0.6 is 11.8 Å². The van der Waals surface area contributed by atoms with E-state index >= 15 is 0 Å². The molecule has 152 valence electrons. The molecule has 3 heteroatoms. The number of carbonyl (C=O) groups excluding carboxylic acids is 1. The Labute approximate surface area is 166 Å². The molecule has 0 N–H and O–H groups in total. The predicted octanol–water partition coefficient (Wildman–Crippen LogP) is 6.66. The van der Waals surface area contributed by atoms with Gasteiger partial charge in [0.25, 0.3) is 0 Å². The third kappa shape index (κ3) is 6.55. The van der Waals surface area contributed by atoms with Crippen molar-refractivity contribution in [1.29, 1.82) is 0 Å². The summed E-state index contributed by atoms with van der Waals surface area (Å²) in [4.78, 5) is 11.9. The van der Waals surface area contributed by atoms with Crippen molar-refractivity contribution in [3.8, 4) is 0 Å². The number of thioether (sulfide) groups is 1. The summed E-state index contributed by atoms with van der Waals surface area (Å²) < 4.78 is 5.73. The first-order chi connectivity index (χ1) is 12.7. The van der Waals surface area contributed by atoms with Gasteiger partial charge >= 0.3 is 0 Å². The van der Waals surface area contributed by atoms with E-state index in [1.54, 1.807) is 0 Å². The number of hydrogen-bond donors (Lipinski definition) is 0. The minimum Gasteiger partial charge on any atom is -0.381 e. The van der Waals surface area contributed by atoms with Gasteiger partial charge in [0.2, 0.25) is 0 Å². The molecule has 2 nitrogen and oxygen atoms in total. The van der Waals surface area contributed by atoms with Crippen molar-refractivity contribution in [2.24, 2.45) is 17.3 Å². The lowest BCUT2D eigenvalue weighted by molar-refractivity contribution is -0.115. The second-order valence-electron chi connectivity index (χ2n) is 8.96. The van der Waals surface area contributed by atoms with E-state index in [0.29, 0.717) is 11.4 Å². The summed E-state index contributed by atoms with van der Waals surface area (Å²) in [5, 5.41) is 0.683. The van der Waals surface area contributed by atoms with E-state index in [1.807, 2.05) is 7.11 Å². The van der Waals surface area contributed by atoms with Crippen LogP contribution in [-0.4, -0.2) is 30.5 Å². The molecule has 2 saturated carbocycles. The minimum absolute atomic E-state index is 0.101. The predicted molar refractivity (Wildman–Crippen MR) is 114 cm³/mol. The van der Waals surface area contributed by atoms with Gasteiger partial charge < -0.3 is 9.53 Å². The molecule has 0 aliphatic heterocycles. The Morgan fingerprint density at radius 2 is 1.88 bits per heavy atom. The van der Waals surface area contributed by atoms with E-state index in [1.165, 1.54) is 76.9 Å². The molecular weight excluding hydrogens is 340 g/mol. The van der Waals surface area contributed by atoms with E-state index in [4.69, 9.17) is 4.74 Å². The molecule has 2 aliphatic rings. The molecule has 0 saturated heterocycles. The number of aldehydes is 1. The summed E-state index contributed by atoms with van der Waals surface area (Å²) in [5.41, 5.74) is -0.101. The number of methoxy groups -OCH3 is 1. The van der Waals surface area contributed by atoms with Crippen LogP contribution in [0.5, 0.6) is 0 Å². The number of unbranched alkanes of at least 4 members (excludes halogenated alkanes) is 1. The summed E-state index contributed by atoms with van der Waals surface area (Å²) in [6, 6.07) is 0. The summed E-state index contributed by atoms with van der Waals surface area (Å²) in [6.45, 7) is 4.42. The number of hydrogen-bond acceptors (Lipinski definition) is 3. The Morgan fingerprint density at radius 1 is 1.12 bits per heavy atom. The van der Waals surface area contributed by atoms with Crippen molar-refractivity contribution in [3.63, 3.8) is 0 Å². The largest absolute Gasteiger partial charge is 0.381 e. The van der Waals surface area contributed by atoms with Crippen LogP contribution in [0.25, 0.3) is 0 Å². The van der Waals surface area contributed by atoms with E-state index in [2.05, 4.69) is 25.6 Å². The molecular formula is C23H42O2S. The second kappa shape index (κ2) is 11.7. The molecule has 2 rings (SSSR count). The lowest BCUT2D eigenvalue weighted by Crippen LogP contribution is -2.35. The molecule has 0 heterocycles. The first-order valence-electron chi connectivity index (χ1n) is 11.3. The van der Waals surface area contributed by atoms with Gasteiger partial charge in [-0.1, -0.05) is 58.8 Å². The molecule has 4 unspecified atom stereocenters. The smallest absolute Gasteiger partial charge is 0.126 e. The highest BCUT2D eigenvalue weighted by Crippen LogP contribution is 2.43. The molecule has 0 spiro atoms. The molecule has 0 radical (unpaired) electrons. The topological polar surface area (TPSA) is 26.3 Å². The maximum absolute atomic E-state index is 11.9. The molecule has 26 heavy (non-hydrogen) atoms. The van der Waals surface area contributed by atoms with Gasteiger partial charge in [0, 0.05) is 23.5 Å². The summed E-state index contributed by atoms with van der Waals surface area (Å²) in [6.07, 6.45) is 18.5. The lowest BCUT2D eigenvalue weighted by atomic mass is 9.77. The lowest BCUT2D eigenvalue weighted by Gasteiger charge is -2.39. The van der Waals surface area contributed by atoms with Gasteiger partial charge in [-0.15, -0.1) is 0 Å². The van der Waals surface area contributed by atoms with Crippen molar-refractivity contribution in [1.82, 2.24) is 0 Å². The van der Waals surface area contributed by atoms with Gasteiger partial charge in [-0.05, 0) is 50.4 Å². The summed E-state index contributed by atoms with van der Waals surface area (Å²) >= 11 is 2.11. The fraction of sp³-hybridized carbons (Fsp3) is 0.957. The fourth-order valence-corrected chi connectivity index (χ4v) is 6.86. The van der Waals surface area contributed by atoms with Crippen LogP contribution in [0.2, 0.25) is 0 Å². The van der Waals surface area contributed by atoms with Crippen molar-refractivity contribution in [2.75, 3.05) is 12.9 Å². The zero-order chi connectivity index (χ0) is 18.8. The van der Waals surface area contributed by atoms with Gasteiger partial charge in [-0.25, -0.2) is 0 Å². The van der Waals surface area contributed by atoms with Crippen molar-refractivity contribution >= 4 is 18.0 Å². The molecule has 0 aromatic carbocycles. The van der Waals surface area contributed by atoms with Crippen LogP contribution in [0.1, 0.15) is 97.3 Å². The van der Waals surface area contributed by atoms with Crippen LogP contribution in [0.3, 0.4) is 0 Å². The van der Waals surface area contributed by atoms with Gasteiger partial charge in [0.15, 0.2) is 0 Å². The third-order valence-corrected chi connectivity index (χ3v) is 8.89. The van der Waals surface area contributed by atoms with Crippen molar-refractivity contribution < 1.29 is 9.53 Å². The molecule has 4 atom stereocenters. The van der Waals surface area contributed by atoms with E-state index in [0.717, 1.165) is 30.4 Å². The molecule has 0 aromatic rings. The molecule has 2 aliphatic carbocycles. The SMILES string of the molecule is CCCCC(C=O)(CC)CSC1CC(OC)CCC1CC1CCCCC1. The van der Waals surface area contributed by atoms with Crippen LogP contribution in [0.4, 0.5) is 0 Å². The first-order valence-corrected chi connectivity index (χ1v) is 12.3. The minimum atomic E-state index is -0.101. The Balaban J connectivity index is 1.96. The maximum Gasteiger partial charge on any atom is 0.126 e. The van der Waals surface area contributed by atoms with Crippen LogP contribution in [-0.2, 0) is 9.53 Å². The zero-order valence-electron chi connectivity index (χ0n) is 17.5. The summed E-state index contributed by atoms with van der Waals surface area (Å²) in [5.74, 6) is 2.80. The van der Waals surface area contributed by atoms with Crippen molar-refractivity contribution in [3.05, 3.63) is 0 Å². The monoisotopic (exact) mass is 382 g/mol. The third-order valence-electron chi connectivity index (χ3n) is 7.14. The number of carbonyl (C=O) groups is 1. The van der Waals surface area contributed by atoms with Crippen molar-refractivity contribution in [2.45, 2.75) is 109 Å². The van der Waals surface area contributed by atoms with E-state index in [-0.39, 0.29) is 5.41 Å². The van der Waals surface area contributed by atoms with Crippen LogP contribution in [0, 0.1) is 17.3 Å². The van der Waals surface area contributed by atoms with Gasteiger partial charge in [-0.3, -0.25) is 0 Å². The highest BCUT2D eigenvalue weighted by atomic mass is 32.2. The normalized spacial score (nSPS) is 30.0. The van der Waals surface area contributed by atoms with Crippen LogP contribution < -0.4 is 0 Å². The summed E-state index contributed by atoms with van der Waals surface area (Å²) in [7, 11) is 1.87. The average Bonchev–Trinajstić information content (AvgIpc) is 2.70. The molecule has 0 aromatic heterocycles. The van der Waals surface area contributed by atoms with E-state index < -0.39 is 0 Å². The Morgan fingerprint density at radius 3 is 2.50 bits per heavy atom. The Bertz CT molecular complexity index is 394. The number of rotatable bonds is 11. The molecule has 2 fully saturated rings. The van der Waals surface area contributed by atoms with Gasteiger partial charge in [-0.2, -0.15) is 11.8 Å². The first kappa shape index (κ1) is 22.3. The second-order valence-corrected chi connectivity index (χ2v) is 10.2. The molecule has 0 bridgehead atoms. The Hall–Kier alpha value is -0.0200. The van der Waals surface area contributed by atoms with E-state index in [9.17, 15) is 4.79 Å². The highest BCUT2D eigenvalue weighted by molar-refractivity contribution is 8.00.